The highest BCUT2D eigenvalue weighted by molar-refractivity contribution is 6.23. The van der Waals surface area contributed by atoms with E-state index in [1.54, 1.807) is 27.7 Å². The highest BCUT2D eigenvalue weighted by Crippen LogP contribution is 2.43. The monoisotopic (exact) mass is 664 g/mol. The van der Waals surface area contributed by atoms with Crippen molar-refractivity contribution in [3.8, 4) is 0 Å². The fraction of sp³-hybridized carbons (Fsp3) is 0.485. The second kappa shape index (κ2) is 12.4. The van der Waals surface area contributed by atoms with Crippen molar-refractivity contribution in [2.45, 2.75) is 83.2 Å². The van der Waals surface area contributed by atoms with Crippen LogP contribution in [0.4, 0.5) is 32.4 Å². The number of alkyl halides is 3. The van der Waals surface area contributed by atoms with Crippen LogP contribution in [0.3, 0.4) is 0 Å². The number of hydrogen-bond acceptors (Lipinski definition) is 6. The molecule has 5 rings (SSSR count). The molecule has 9 nitrogen and oxygen atoms in total. The number of carbonyl (C=O) groups excluding carboxylic acids is 3. The molecule has 0 unspecified atom stereocenters. The van der Waals surface area contributed by atoms with E-state index in [4.69, 9.17) is 4.74 Å². The molecule has 2 N–H and O–H groups in total. The summed E-state index contributed by atoms with van der Waals surface area (Å²) < 4.78 is 75.4. The maximum Gasteiger partial charge on any atom is 0.416 e. The number of halogens is 5. The number of fused-ring (bicyclic) bond motifs is 1. The van der Waals surface area contributed by atoms with E-state index < -0.39 is 76.2 Å². The molecule has 3 aliphatic heterocycles. The number of likely N-dealkylation sites (tertiary alicyclic amines) is 1. The van der Waals surface area contributed by atoms with Crippen molar-refractivity contribution < 1.29 is 46.2 Å². The third-order valence-corrected chi connectivity index (χ3v) is 8.88. The Bertz CT molecular complexity index is 1610. The van der Waals surface area contributed by atoms with Gasteiger partial charge in [0.25, 0.3) is 11.8 Å². The molecular weight excluding hydrogens is 627 g/mol. The van der Waals surface area contributed by atoms with Gasteiger partial charge in [0.2, 0.25) is 0 Å². The number of benzene rings is 2. The van der Waals surface area contributed by atoms with Crippen molar-refractivity contribution in [3.63, 3.8) is 0 Å². The number of piperidine rings is 1. The van der Waals surface area contributed by atoms with Gasteiger partial charge in [-0.25, -0.2) is 18.6 Å². The van der Waals surface area contributed by atoms with Gasteiger partial charge < -0.3 is 20.1 Å². The lowest BCUT2D eigenvalue weighted by atomic mass is 9.87. The number of hydrogen-bond donors (Lipinski definition) is 2. The molecule has 0 radical (unpaired) electrons. The highest BCUT2D eigenvalue weighted by atomic mass is 19.4. The molecule has 1 atom stereocenters. The first-order chi connectivity index (χ1) is 21.9. The number of amides is 3. The molecular formula is C33H37F5N4O5. The molecule has 3 amide bonds. The van der Waals surface area contributed by atoms with E-state index in [2.05, 4.69) is 5.32 Å². The highest BCUT2D eigenvalue weighted by Gasteiger charge is 2.53. The van der Waals surface area contributed by atoms with Gasteiger partial charge in [0.05, 0.1) is 17.6 Å². The van der Waals surface area contributed by atoms with E-state index in [1.807, 2.05) is 0 Å². The first-order valence-electron chi connectivity index (χ1n) is 15.4. The molecule has 2 aromatic carbocycles. The zero-order chi connectivity index (χ0) is 34.5. The predicted molar refractivity (Wildman–Crippen MR) is 161 cm³/mol. The number of carbonyl (C=O) groups is 3. The van der Waals surface area contributed by atoms with Crippen LogP contribution in [0.5, 0.6) is 0 Å². The number of anilines is 1. The number of rotatable bonds is 5. The number of hydrazine groups is 1. The van der Waals surface area contributed by atoms with Crippen LogP contribution in [0.2, 0.25) is 0 Å². The Morgan fingerprint density at radius 2 is 1.74 bits per heavy atom. The fourth-order valence-electron chi connectivity index (χ4n) is 6.45. The van der Waals surface area contributed by atoms with Crippen LogP contribution in [0.15, 0.2) is 47.7 Å². The van der Waals surface area contributed by atoms with E-state index in [9.17, 15) is 41.4 Å². The Kier molecular flexibility index (Phi) is 9.03. The van der Waals surface area contributed by atoms with Crippen LogP contribution in [0.25, 0.3) is 0 Å². The van der Waals surface area contributed by atoms with Gasteiger partial charge in [-0.15, -0.1) is 0 Å². The average Bonchev–Trinajstić information content (AvgIpc) is 3.39. The Morgan fingerprint density at radius 3 is 2.38 bits per heavy atom. The van der Waals surface area contributed by atoms with Crippen molar-refractivity contribution in [2.75, 3.05) is 25.0 Å². The third kappa shape index (κ3) is 6.78. The molecule has 254 valence electrons. The topological polar surface area (TPSA) is 102 Å². The van der Waals surface area contributed by atoms with Crippen LogP contribution < -0.4 is 5.32 Å². The van der Waals surface area contributed by atoms with Gasteiger partial charge in [-0.05, 0) is 89.1 Å². The minimum atomic E-state index is -4.68. The summed E-state index contributed by atoms with van der Waals surface area (Å²) in [6.45, 7) is 7.06. The van der Waals surface area contributed by atoms with E-state index in [0.717, 1.165) is 29.3 Å². The normalized spacial score (nSPS) is 21.3. The Labute approximate surface area is 268 Å². The molecule has 3 aliphatic rings. The standard InChI is InChI=1S/C33H37F5N4O5/c1-31(2,3)47-30(46)40-15-11-19(12-16-40)22-17-21(33(36,37)38)9-10-24(22)39-28(44)25-27(43)32(4)13-6-14-42(32)41(29(25)45)18-20-7-5-8-23(34)26(20)35/h5,7-10,17,19,43H,6,11-16,18H2,1-4H3,(H,39,44)/t32-/m1/s1. The van der Waals surface area contributed by atoms with Gasteiger partial charge in [0, 0.05) is 30.9 Å². The molecule has 0 saturated carbocycles. The van der Waals surface area contributed by atoms with Crippen molar-refractivity contribution in [1.82, 2.24) is 14.9 Å². The summed E-state index contributed by atoms with van der Waals surface area (Å²) in [6.07, 6.45) is -3.80. The van der Waals surface area contributed by atoms with Crippen LogP contribution in [-0.4, -0.2) is 68.7 Å². The molecule has 0 aromatic heterocycles. The summed E-state index contributed by atoms with van der Waals surface area (Å²) in [7, 11) is 0. The predicted octanol–water partition coefficient (Wildman–Crippen LogP) is 6.66. The van der Waals surface area contributed by atoms with Crippen molar-refractivity contribution >= 4 is 23.6 Å². The number of ether oxygens (including phenoxy) is 1. The largest absolute Gasteiger partial charge is 0.509 e. The van der Waals surface area contributed by atoms with Crippen LogP contribution >= 0.6 is 0 Å². The second-order valence-electron chi connectivity index (χ2n) is 13.3. The molecule has 0 spiro atoms. The number of nitrogens with one attached hydrogen (secondary N) is 1. The van der Waals surface area contributed by atoms with Crippen LogP contribution in [0, 0.1) is 11.6 Å². The van der Waals surface area contributed by atoms with Crippen molar-refractivity contribution in [3.05, 3.63) is 76.1 Å². The summed E-state index contributed by atoms with van der Waals surface area (Å²) in [4.78, 5) is 41.7. The molecule has 0 bridgehead atoms. The summed E-state index contributed by atoms with van der Waals surface area (Å²) in [6, 6.07) is 6.38. The first-order valence-corrected chi connectivity index (χ1v) is 15.4. The van der Waals surface area contributed by atoms with E-state index in [1.165, 1.54) is 22.0 Å². The number of nitrogens with zero attached hydrogens (tertiary/aromatic N) is 3. The molecule has 2 aromatic rings. The Morgan fingerprint density at radius 1 is 1.06 bits per heavy atom. The van der Waals surface area contributed by atoms with Gasteiger partial charge in [-0.3, -0.25) is 14.6 Å². The summed E-state index contributed by atoms with van der Waals surface area (Å²) in [5.41, 5.74) is -3.50. The van der Waals surface area contributed by atoms with E-state index in [0.29, 0.717) is 19.4 Å². The Hall–Kier alpha value is -4.20. The molecule has 2 saturated heterocycles. The van der Waals surface area contributed by atoms with Gasteiger partial charge in [-0.2, -0.15) is 13.2 Å². The maximum atomic E-state index is 14.6. The fourth-order valence-corrected chi connectivity index (χ4v) is 6.45. The minimum Gasteiger partial charge on any atom is -0.509 e. The summed E-state index contributed by atoms with van der Waals surface area (Å²) in [5.74, 6) is -5.31. The number of aliphatic hydroxyl groups is 1. The number of aliphatic hydroxyl groups excluding tert-OH is 1. The minimum absolute atomic E-state index is 0.00791. The second-order valence-corrected chi connectivity index (χ2v) is 13.3. The molecule has 3 heterocycles. The lowest BCUT2D eigenvalue weighted by molar-refractivity contribution is -0.160. The van der Waals surface area contributed by atoms with Gasteiger partial charge in [0.1, 0.15) is 16.9 Å². The maximum absolute atomic E-state index is 14.6. The summed E-state index contributed by atoms with van der Waals surface area (Å²) >= 11 is 0. The molecule has 14 heteroatoms. The van der Waals surface area contributed by atoms with E-state index in [-0.39, 0.29) is 42.7 Å². The SMILES string of the molecule is CC(C)(C)OC(=O)N1CCC(c2cc(C(F)(F)F)ccc2NC(=O)C2=C(O)[C@@]3(C)CCCN3N(Cc3cccc(F)c3F)C2=O)CC1. The lowest BCUT2D eigenvalue weighted by Crippen LogP contribution is -2.60. The molecule has 0 aliphatic carbocycles. The van der Waals surface area contributed by atoms with Crippen molar-refractivity contribution in [1.29, 1.82) is 0 Å². The van der Waals surface area contributed by atoms with Crippen LogP contribution in [-0.2, 0) is 27.0 Å². The zero-order valence-corrected chi connectivity index (χ0v) is 26.5. The first kappa shape index (κ1) is 34.1. The van der Waals surface area contributed by atoms with Gasteiger partial charge in [0.15, 0.2) is 11.6 Å². The van der Waals surface area contributed by atoms with E-state index >= 15 is 0 Å². The summed E-state index contributed by atoms with van der Waals surface area (Å²) in [5, 5.41) is 16.5. The quantitative estimate of drug-likeness (QED) is 0.274. The van der Waals surface area contributed by atoms with Crippen LogP contribution in [0.1, 0.15) is 76.0 Å². The third-order valence-electron chi connectivity index (χ3n) is 8.88. The Balaban J connectivity index is 1.45. The molecule has 47 heavy (non-hydrogen) atoms. The van der Waals surface area contributed by atoms with Gasteiger partial charge >= 0.3 is 12.3 Å². The average molecular weight is 665 g/mol. The van der Waals surface area contributed by atoms with Gasteiger partial charge in [-0.1, -0.05) is 12.1 Å². The molecule has 2 fully saturated rings. The van der Waals surface area contributed by atoms with Crippen molar-refractivity contribution in [2.24, 2.45) is 0 Å². The lowest BCUT2D eigenvalue weighted by Gasteiger charge is -2.46. The smallest absolute Gasteiger partial charge is 0.416 e. The zero-order valence-electron chi connectivity index (χ0n) is 26.5.